The highest BCUT2D eigenvalue weighted by molar-refractivity contribution is 7.84. The Hall–Kier alpha value is -2.47. The van der Waals surface area contributed by atoms with Gasteiger partial charge in [0.1, 0.15) is 0 Å². The Morgan fingerprint density at radius 1 is 1.07 bits per heavy atom. The van der Waals surface area contributed by atoms with Crippen molar-refractivity contribution >= 4 is 22.7 Å². The van der Waals surface area contributed by atoms with Gasteiger partial charge >= 0.3 is 5.97 Å². The number of ether oxygens (including phenoxy) is 1. The summed E-state index contributed by atoms with van der Waals surface area (Å²) in [6.45, 7) is 2.95. The van der Waals surface area contributed by atoms with Crippen molar-refractivity contribution in [2.24, 2.45) is 5.92 Å². The van der Waals surface area contributed by atoms with Crippen LogP contribution in [0.15, 0.2) is 59.5 Å². The predicted molar refractivity (Wildman–Crippen MR) is 113 cm³/mol. The zero-order valence-electron chi connectivity index (χ0n) is 16.9. The van der Waals surface area contributed by atoms with Gasteiger partial charge in [-0.1, -0.05) is 42.5 Å². The summed E-state index contributed by atoms with van der Waals surface area (Å²) in [6.07, 6.45) is 3.56. The minimum Gasteiger partial charge on any atom is -0.449 e. The van der Waals surface area contributed by atoms with Crippen LogP contribution in [0.5, 0.6) is 0 Å². The average Bonchev–Trinajstić information content (AvgIpc) is 2.74. The molecule has 0 aromatic heterocycles. The quantitative estimate of drug-likeness (QED) is 0.681. The largest absolute Gasteiger partial charge is 0.449 e. The van der Waals surface area contributed by atoms with Gasteiger partial charge in [-0.05, 0) is 49.8 Å². The number of piperidine rings is 1. The zero-order chi connectivity index (χ0) is 20.8. The molecule has 3 rings (SSSR count). The van der Waals surface area contributed by atoms with Crippen LogP contribution in [0, 0.1) is 5.92 Å². The van der Waals surface area contributed by atoms with E-state index < -0.39 is 22.9 Å². The minimum absolute atomic E-state index is 0.174. The van der Waals surface area contributed by atoms with Crippen LogP contribution in [0.3, 0.4) is 0 Å². The van der Waals surface area contributed by atoms with Crippen LogP contribution in [-0.2, 0) is 26.8 Å². The van der Waals surface area contributed by atoms with Crippen LogP contribution in [-0.4, -0.2) is 46.4 Å². The normalized spacial score (nSPS) is 16.8. The van der Waals surface area contributed by atoms with E-state index in [1.54, 1.807) is 36.1 Å². The summed E-state index contributed by atoms with van der Waals surface area (Å²) < 4.78 is 17.2. The lowest BCUT2D eigenvalue weighted by molar-refractivity contribution is -0.141. The van der Waals surface area contributed by atoms with Crippen molar-refractivity contribution in [3.05, 3.63) is 65.7 Å². The monoisotopic (exact) mass is 413 g/mol. The second-order valence-corrected chi connectivity index (χ2v) is 8.80. The summed E-state index contributed by atoms with van der Waals surface area (Å²) in [5, 5.41) is 0. The van der Waals surface area contributed by atoms with Gasteiger partial charge in [0.25, 0.3) is 5.91 Å². The molecule has 1 amide bonds. The molecule has 0 N–H and O–H groups in total. The van der Waals surface area contributed by atoms with E-state index >= 15 is 0 Å². The maximum absolute atomic E-state index is 12.7. The first-order valence-electron chi connectivity index (χ1n) is 9.92. The zero-order valence-corrected chi connectivity index (χ0v) is 17.7. The van der Waals surface area contributed by atoms with E-state index in [0.29, 0.717) is 23.9 Å². The highest BCUT2D eigenvalue weighted by Gasteiger charge is 2.29. The van der Waals surface area contributed by atoms with Gasteiger partial charge in [0.15, 0.2) is 6.10 Å². The highest BCUT2D eigenvalue weighted by atomic mass is 32.2. The summed E-state index contributed by atoms with van der Waals surface area (Å²) >= 11 is 0. The molecule has 0 spiro atoms. The van der Waals surface area contributed by atoms with Crippen LogP contribution in [0.4, 0.5) is 0 Å². The van der Waals surface area contributed by atoms with Gasteiger partial charge in [0.05, 0.1) is 21.3 Å². The summed E-state index contributed by atoms with van der Waals surface area (Å²) in [7, 11) is -1.31. The number of hydrogen-bond donors (Lipinski definition) is 0. The number of likely N-dealkylation sites (tertiary alicyclic amines) is 1. The van der Waals surface area contributed by atoms with Gasteiger partial charge in [-0.15, -0.1) is 0 Å². The Labute approximate surface area is 174 Å². The molecule has 2 aromatic rings. The molecule has 0 unspecified atom stereocenters. The minimum atomic E-state index is -1.31. The van der Waals surface area contributed by atoms with Crippen molar-refractivity contribution in [1.29, 1.82) is 0 Å². The fraction of sp³-hybridized carbons (Fsp3) is 0.391. The van der Waals surface area contributed by atoms with Gasteiger partial charge in [0, 0.05) is 19.3 Å². The van der Waals surface area contributed by atoms with Gasteiger partial charge in [-0.3, -0.25) is 9.00 Å². The number of carbonyl (C=O) groups excluding carboxylic acids is 2. The van der Waals surface area contributed by atoms with Gasteiger partial charge in [0.2, 0.25) is 0 Å². The van der Waals surface area contributed by atoms with Crippen molar-refractivity contribution in [3.63, 3.8) is 0 Å². The third-order valence-corrected chi connectivity index (χ3v) is 6.32. The molecule has 1 fully saturated rings. The molecule has 0 aliphatic carbocycles. The molecule has 6 heteroatoms. The number of hydrogen-bond acceptors (Lipinski definition) is 4. The van der Waals surface area contributed by atoms with Crippen molar-refractivity contribution in [1.82, 2.24) is 4.90 Å². The topological polar surface area (TPSA) is 63.7 Å². The first-order chi connectivity index (χ1) is 14.0. The summed E-state index contributed by atoms with van der Waals surface area (Å²) in [4.78, 5) is 27.4. The van der Waals surface area contributed by atoms with Crippen LogP contribution >= 0.6 is 0 Å². The standard InChI is InChI=1S/C23H27NO4S/c1-17(28-23(26)20-10-6-7-11-21(20)29(2)27)22(25)24-14-12-19(13-15-24)16-18-8-4-3-5-9-18/h3-11,17,19H,12-16H2,1-2H3/t17-,29+/m0/s1. The molecule has 0 bridgehead atoms. The highest BCUT2D eigenvalue weighted by Crippen LogP contribution is 2.23. The Morgan fingerprint density at radius 2 is 1.69 bits per heavy atom. The van der Waals surface area contributed by atoms with E-state index in [0.717, 1.165) is 19.3 Å². The van der Waals surface area contributed by atoms with Crippen LogP contribution in [0.25, 0.3) is 0 Å². The summed E-state index contributed by atoms with van der Waals surface area (Å²) in [6, 6.07) is 17.0. The van der Waals surface area contributed by atoms with E-state index in [1.807, 2.05) is 6.07 Å². The molecule has 1 saturated heterocycles. The predicted octanol–water partition coefficient (Wildman–Crippen LogP) is 3.45. The van der Waals surface area contributed by atoms with Crippen LogP contribution < -0.4 is 0 Å². The third kappa shape index (κ3) is 5.54. The smallest absolute Gasteiger partial charge is 0.340 e. The van der Waals surface area contributed by atoms with Crippen molar-refractivity contribution in [3.8, 4) is 0 Å². The molecule has 29 heavy (non-hydrogen) atoms. The van der Waals surface area contributed by atoms with E-state index in [9.17, 15) is 13.8 Å². The van der Waals surface area contributed by atoms with Crippen LogP contribution in [0.1, 0.15) is 35.7 Å². The molecule has 1 aliphatic heterocycles. The first kappa shape index (κ1) is 21.2. The average molecular weight is 414 g/mol. The maximum Gasteiger partial charge on any atom is 0.340 e. The number of rotatable bonds is 6. The summed E-state index contributed by atoms with van der Waals surface area (Å²) in [5.74, 6) is -0.229. The second-order valence-electron chi connectivity index (χ2n) is 7.46. The number of amides is 1. The van der Waals surface area contributed by atoms with Crippen molar-refractivity contribution in [2.75, 3.05) is 19.3 Å². The van der Waals surface area contributed by atoms with E-state index in [1.165, 1.54) is 11.8 Å². The van der Waals surface area contributed by atoms with Crippen molar-refractivity contribution in [2.45, 2.75) is 37.2 Å². The Bertz CT molecular complexity index is 875. The second kappa shape index (κ2) is 9.83. The van der Waals surface area contributed by atoms with Gasteiger partial charge in [-0.2, -0.15) is 0 Å². The molecular formula is C23H27NO4S. The number of benzene rings is 2. The molecule has 0 saturated carbocycles. The lowest BCUT2D eigenvalue weighted by Crippen LogP contribution is -2.44. The summed E-state index contributed by atoms with van der Waals surface area (Å²) in [5.41, 5.74) is 1.57. The number of esters is 1. The van der Waals surface area contributed by atoms with Crippen molar-refractivity contribution < 1.29 is 18.5 Å². The van der Waals surface area contributed by atoms with Gasteiger partial charge < -0.3 is 9.64 Å². The fourth-order valence-electron chi connectivity index (χ4n) is 3.72. The third-order valence-electron chi connectivity index (χ3n) is 5.34. The Morgan fingerprint density at radius 3 is 2.34 bits per heavy atom. The molecule has 0 radical (unpaired) electrons. The Balaban J connectivity index is 1.53. The van der Waals surface area contributed by atoms with E-state index in [4.69, 9.17) is 4.74 Å². The molecule has 1 aliphatic rings. The van der Waals surface area contributed by atoms with Crippen LogP contribution in [0.2, 0.25) is 0 Å². The molecule has 2 aromatic carbocycles. The maximum atomic E-state index is 12.7. The molecular weight excluding hydrogens is 386 g/mol. The lowest BCUT2D eigenvalue weighted by Gasteiger charge is -2.33. The number of nitrogens with zero attached hydrogens (tertiary/aromatic N) is 1. The Kier molecular flexibility index (Phi) is 7.20. The van der Waals surface area contributed by atoms with Gasteiger partial charge in [-0.25, -0.2) is 4.79 Å². The lowest BCUT2D eigenvalue weighted by atomic mass is 9.90. The molecule has 2 atom stereocenters. The van der Waals surface area contributed by atoms with E-state index in [-0.39, 0.29) is 11.5 Å². The SMILES string of the molecule is C[C@H](OC(=O)c1ccccc1[S@@](C)=O)C(=O)N1CCC(Cc2ccccc2)CC1. The molecule has 5 nitrogen and oxygen atoms in total. The van der Waals surface area contributed by atoms with E-state index in [2.05, 4.69) is 24.3 Å². The molecule has 1 heterocycles. The first-order valence-corrected chi connectivity index (χ1v) is 11.5. The number of carbonyl (C=O) groups is 2. The molecule has 154 valence electrons. The fourth-order valence-corrected chi connectivity index (χ4v) is 4.45.